The SMILES string of the molecule is Cc1cccc(C)c1N=C1C(=Nc2c(C(C)C)cccc2C(C)C)N(C)CCCN1C. The maximum absolute atomic E-state index is 5.36. The van der Waals surface area contributed by atoms with E-state index in [0.717, 1.165) is 42.6 Å². The van der Waals surface area contributed by atoms with Crippen LogP contribution in [0.4, 0.5) is 11.4 Å². The zero-order valence-corrected chi connectivity index (χ0v) is 20.5. The second-order valence-corrected chi connectivity index (χ2v) is 9.40. The van der Waals surface area contributed by atoms with Crippen LogP contribution in [0, 0.1) is 13.8 Å². The molecule has 3 rings (SSSR count). The van der Waals surface area contributed by atoms with Crippen LogP contribution in [-0.4, -0.2) is 48.7 Å². The summed E-state index contributed by atoms with van der Waals surface area (Å²) in [5, 5.41) is 0. The van der Waals surface area contributed by atoms with Crippen LogP contribution in [-0.2, 0) is 0 Å². The highest BCUT2D eigenvalue weighted by Gasteiger charge is 2.24. The predicted octanol–water partition coefficient (Wildman–Crippen LogP) is 6.58. The average molecular weight is 419 g/mol. The summed E-state index contributed by atoms with van der Waals surface area (Å²) in [5.74, 6) is 2.72. The molecule has 0 N–H and O–H groups in total. The lowest BCUT2D eigenvalue weighted by Gasteiger charge is -2.25. The third kappa shape index (κ3) is 5.00. The maximum atomic E-state index is 5.36. The number of hydrogen-bond donors (Lipinski definition) is 0. The molecule has 1 aliphatic rings. The Labute approximate surface area is 188 Å². The van der Waals surface area contributed by atoms with Gasteiger partial charge >= 0.3 is 0 Å². The molecule has 0 saturated carbocycles. The van der Waals surface area contributed by atoms with Gasteiger partial charge in [-0.25, -0.2) is 9.98 Å². The molecule has 2 aromatic carbocycles. The number of benzene rings is 2. The topological polar surface area (TPSA) is 31.2 Å². The van der Waals surface area contributed by atoms with E-state index in [1.165, 1.54) is 22.3 Å². The average Bonchev–Trinajstić information content (AvgIpc) is 2.83. The standard InChI is InChI=1S/C27H38N4/c1-18(2)22-14-10-15-23(19(3)4)25(22)29-27-26(30(7)16-11-17-31(27)8)28-24-20(5)12-9-13-21(24)6/h9-10,12-15,18-19H,11,16-17H2,1-8H3. The van der Waals surface area contributed by atoms with E-state index in [1.807, 2.05) is 0 Å². The Morgan fingerprint density at radius 1 is 0.677 bits per heavy atom. The third-order valence-electron chi connectivity index (χ3n) is 6.13. The predicted molar refractivity (Wildman–Crippen MR) is 135 cm³/mol. The fraction of sp³-hybridized carbons (Fsp3) is 0.481. The molecule has 2 aromatic rings. The Morgan fingerprint density at radius 2 is 1.10 bits per heavy atom. The van der Waals surface area contributed by atoms with Crippen LogP contribution < -0.4 is 0 Å². The van der Waals surface area contributed by atoms with E-state index in [0.29, 0.717) is 11.8 Å². The number of aliphatic imine (C=N–C) groups is 2. The molecule has 166 valence electrons. The van der Waals surface area contributed by atoms with E-state index < -0.39 is 0 Å². The second kappa shape index (κ2) is 9.67. The summed E-state index contributed by atoms with van der Waals surface area (Å²) in [6.07, 6.45) is 1.08. The highest BCUT2D eigenvalue weighted by Crippen LogP contribution is 2.35. The Kier molecular flexibility index (Phi) is 7.19. The molecule has 0 unspecified atom stereocenters. The fourth-order valence-electron chi connectivity index (χ4n) is 4.20. The minimum absolute atomic E-state index is 0.408. The van der Waals surface area contributed by atoms with E-state index in [9.17, 15) is 0 Å². The van der Waals surface area contributed by atoms with Gasteiger partial charge in [0.05, 0.1) is 11.4 Å². The largest absolute Gasteiger partial charge is 0.357 e. The highest BCUT2D eigenvalue weighted by molar-refractivity contribution is 6.41. The Balaban J connectivity index is 2.28. The minimum atomic E-state index is 0.408. The molecule has 0 aliphatic carbocycles. The maximum Gasteiger partial charge on any atom is 0.172 e. The Bertz CT molecular complexity index is 938. The zero-order valence-electron chi connectivity index (χ0n) is 20.5. The quantitative estimate of drug-likeness (QED) is 0.562. The van der Waals surface area contributed by atoms with Crippen molar-refractivity contribution in [3.63, 3.8) is 0 Å². The molecule has 0 amide bonds. The Morgan fingerprint density at radius 3 is 1.55 bits per heavy atom. The molecule has 4 nitrogen and oxygen atoms in total. The molecule has 1 fully saturated rings. The zero-order chi connectivity index (χ0) is 22.7. The number of para-hydroxylation sites is 2. The van der Waals surface area contributed by atoms with Crippen molar-refractivity contribution >= 4 is 23.0 Å². The van der Waals surface area contributed by atoms with Crippen molar-refractivity contribution in [2.24, 2.45) is 9.98 Å². The lowest BCUT2D eigenvalue weighted by Crippen LogP contribution is -2.39. The van der Waals surface area contributed by atoms with Crippen LogP contribution in [0.1, 0.15) is 68.2 Å². The van der Waals surface area contributed by atoms with Gasteiger partial charge in [-0.2, -0.15) is 0 Å². The molecule has 31 heavy (non-hydrogen) atoms. The lowest BCUT2D eigenvalue weighted by molar-refractivity contribution is 0.457. The van der Waals surface area contributed by atoms with E-state index >= 15 is 0 Å². The number of likely N-dealkylation sites (N-methyl/N-ethyl adjacent to an activating group) is 2. The third-order valence-corrected chi connectivity index (χ3v) is 6.13. The van der Waals surface area contributed by atoms with Crippen LogP contribution in [0.15, 0.2) is 46.4 Å². The van der Waals surface area contributed by atoms with Gasteiger partial charge in [0.25, 0.3) is 0 Å². The first-order valence-electron chi connectivity index (χ1n) is 11.5. The van der Waals surface area contributed by atoms with Gasteiger partial charge in [-0.3, -0.25) is 0 Å². The van der Waals surface area contributed by atoms with Crippen LogP contribution in [0.5, 0.6) is 0 Å². The van der Waals surface area contributed by atoms with Crippen molar-refractivity contribution in [3.8, 4) is 0 Å². The second-order valence-electron chi connectivity index (χ2n) is 9.40. The summed E-state index contributed by atoms with van der Waals surface area (Å²) < 4.78 is 0. The lowest BCUT2D eigenvalue weighted by atomic mass is 9.93. The molecule has 0 spiro atoms. The summed E-state index contributed by atoms with van der Waals surface area (Å²) >= 11 is 0. The van der Waals surface area contributed by atoms with Gasteiger partial charge in [0.1, 0.15) is 0 Å². The summed E-state index contributed by atoms with van der Waals surface area (Å²) in [5.41, 5.74) is 7.14. The van der Waals surface area contributed by atoms with Crippen molar-refractivity contribution in [2.75, 3.05) is 27.2 Å². The molecule has 1 saturated heterocycles. The molecule has 0 bridgehead atoms. The number of rotatable bonds is 4. The number of aryl methyl sites for hydroxylation is 2. The van der Waals surface area contributed by atoms with Crippen LogP contribution >= 0.6 is 0 Å². The van der Waals surface area contributed by atoms with Gasteiger partial charge in [0.15, 0.2) is 11.7 Å². The molecule has 0 radical (unpaired) electrons. The van der Waals surface area contributed by atoms with Gasteiger partial charge in [0, 0.05) is 27.2 Å². The van der Waals surface area contributed by atoms with Crippen molar-refractivity contribution in [1.29, 1.82) is 0 Å². The normalized spacial score (nSPS) is 17.9. The first kappa shape index (κ1) is 23.1. The van der Waals surface area contributed by atoms with Gasteiger partial charge < -0.3 is 9.80 Å². The summed E-state index contributed by atoms with van der Waals surface area (Å²) in [4.78, 5) is 15.1. The van der Waals surface area contributed by atoms with Crippen LogP contribution in [0.3, 0.4) is 0 Å². The van der Waals surface area contributed by atoms with Crippen molar-refractivity contribution < 1.29 is 0 Å². The molecule has 1 heterocycles. The van der Waals surface area contributed by atoms with Crippen molar-refractivity contribution in [1.82, 2.24) is 9.80 Å². The monoisotopic (exact) mass is 418 g/mol. The van der Waals surface area contributed by atoms with E-state index in [4.69, 9.17) is 9.98 Å². The molecular formula is C27H38N4. The molecule has 4 heteroatoms. The molecule has 1 aliphatic heterocycles. The summed E-state index contributed by atoms with van der Waals surface area (Å²) in [6.45, 7) is 15.2. The molecule has 0 aromatic heterocycles. The van der Waals surface area contributed by atoms with Gasteiger partial charge in [-0.05, 0) is 54.4 Å². The number of hydrogen-bond acceptors (Lipinski definition) is 2. The summed E-state index contributed by atoms with van der Waals surface area (Å²) in [6, 6.07) is 13.0. The first-order chi connectivity index (χ1) is 14.7. The van der Waals surface area contributed by atoms with E-state index in [1.54, 1.807) is 0 Å². The minimum Gasteiger partial charge on any atom is -0.357 e. The number of amidine groups is 2. The van der Waals surface area contributed by atoms with Crippen molar-refractivity contribution in [3.05, 3.63) is 58.7 Å². The van der Waals surface area contributed by atoms with Crippen molar-refractivity contribution in [2.45, 2.75) is 59.8 Å². The van der Waals surface area contributed by atoms with Gasteiger partial charge in [-0.1, -0.05) is 64.1 Å². The van der Waals surface area contributed by atoms with E-state index in [-0.39, 0.29) is 0 Å². The molecular weight excluding hydrogens is 380 g/mol. The smallest absolute Gasteiger partial charge is 0.172 e. The van der Waals surface area contributed by atoms with Gasteiger partial charge in [-0.15, -0.1) is 0 Å². The fourth-order valence-corrected chi connectivity index (χ4v) is 4.20. The Hall–Kier alpha value is -2.62. The highest BCUT2D eigenvalue weighted by atomic mass is 15.3. The molecule has 0 atom stereocenters. The summed E-state index contributed by atoms with van der Waals surface area (Å²) in [7, 11) is 4.28. The van der Waals surface area contributed by atoms with E-state index in [2.05, 4.69) is 102 Å². The van der Waals surface area contributed by atoms with Gasteiger partial charge in [0.2, 0.25) is 0 Å². The number of nitrogens with zero attached hydrogens (tertiary/aromatic N) is 4. The van der Waals surface area contributed by atoms with Crippen LogP contribution in [0.2, 0.25) is 0 Å². The van der Waals surface area contributed by atoms with Crippen LogP contribution in [0.25, 0.3) is 0 Å². The first-order valence-corrected chi connectivity index (χ1v) is 11.5.